The number of halogens is 1. The van der Waals surface area contributed by atoms with Crippen molar-refractivity contribution in [2.75, 3.05) is 11.5 Å². The maximum atomic E-state index is 4.69. The van der Waals surface area contributed by atoms with Crippen LogP contribution in [0.4, 0.5) is 0 Å². The highest BCUT2D eigenvalue weighted by Gasteiger charge is 2.19. The van der Waals surface area contributed by atoms with Crippen molar-refractivity contribution in [2.24, 2.45) is 0 Å². The minimum atomic E-state index is 0.510. The van der Waals surface area contributed by atoms with Crippen molar-refractivity contribution < 1.29 is 0 Å². The monoisotopic (exact) mass is 340 g/mol. The average Bonchev–Trinajstić information content (AvgIpc) is 2.90. The molecule has 1 aliphatic heterocycles. The summed E-state index contributed by atoms with van der Waals surface area (Å²) in [5.41, 5.74) is 2.29. The molecule has 0 amide bonds. The van der Waals surface area contributed by atoms with Crippen LogP contribution in [0.3, 0.4) is 0 Å². The van der Waals surface area contributed by atoms with Crippen LogP contribution in [-0.2, 0) is 0 Å². The molecule has 18 heavy (non-hydrogen) atoms. The van der Waals surface area contributed by atoms with Crippen LogP contribution in [0.5, 0.6) is 0 Å². The molecule has 0 saturated carbocycles. The molecule has 2 nitrogen and oxygen atoms in total. The first-order chi connectivity index (χ1) is 8.83. The van der Waals surface area contributed by atoms with E-state index in [2.05, 4.69) is 34.1 Å². The lowest BCUT2D eigenvalue weighted by molar-refractivity contribution is 0.856. The molecular formula is C13H13BrN2S2. The number of benzene rings is 1. The second-order valence-electron chi connectivity index (χ2n) is 4.09. The number of aromatic nitrogens is 2. The predicted molar refractivity (Wildman–Crippen MR) is 83.5 cm³/mol. The molecule has 2 aromatic rings. The van der Waals surface area contributed by atoms with Gasteiger partial charge in [0.15, 0.2) is 0 Å². The van der Waals surface area contributed by atoms with E-state index in [1.54, 1.807) is 0 Å². The van der Waals surface area contributed by atoms with E-state index in [4.69, 9.17) is 5.10 Å². The van der Waals surface area contributed by atoms with Gasteiger partial charge in [-0.3, -0.25) is 0 Å². The summed E-state index contributed by atoms with van der Waals surface area (Å²) in [4.78, 5) is 0. The molecule has 1 aliphatic rings. The third-order valence-corrected chi connectivity index (χ3v) is 6.25. The highest BCUT2D eigenvalue weighted by atomic mass is 79.9. The molecule has 0 spiro atoms. The Kier molecular flexibility index (Phi) is 4.01. The normalized spacial score (nSPS) is 16.9. The van der Waals surface area contributed by atoms with Gasteiger partial charge in [-0.1, -0.05) is 15.9 Å². The van der Waals surface area contributed by atoms with Crippen LogP contribution < -0.4 is 0 Å². The standard InChI is InChI=1S/C13H13BrN2S2/c14-10-2-4-11(5-3-10)16-7-6-12(15-16)13-17-8-1-9-18-13/h2-7,13H,1,8-9H2. The Balaban J connectivity index is 1.82. The fourth-order valence-electron chi connectivity index (χ4n) is 1.86. The Morgan fingerprint density at radius 1 is 1.11 bits per heavy atom. The van der Waals surface area contributed by atoms with E-state index in [1.165, 1.54) is 23.6 Å². The Bertz CT molecular complexity index is 518. The Hall–Kier alpha value is -0.390. The zero-order valence-electron chi connectivity index (χ0n) is 9.75. The van der Waals surface area contributed by atoms with E-state index < -0.39 is 0 Å². The summed E-state index contributed by atoms with van der Waals surface area (Å²) in [6.45, 7) is 0. The zero-order chi connectivity index (χ0) is 12.4. The molecule has 94 valence electrons. The number of rotatable bonds is 2. The van der Waals surface area contributed by atoms with Gasteiger partial charge in [0, 0.05) is 10.7 Å². The molecule has 1 aromatic heterocycles. The summed E-state index contributed by atoms with van der Waals surface area (Å²) < 4.78 is 3.56. The van der Waals surface area contributed by atoms with Gasteiger partial charge in [-0.15, -0.1) is 23.5 Å². The molecular weight excluding hydrogens is 328 g/mol. The maximum absolute atomic E-state index is 4.69. The van der Waals surface area contributed by atoms with Gasteiger partial charge in [-0.05, 0) is 48.3 Å². The van der Waals surface area contributed by atoms with E-state index in [-0.39, 0.29) is 0 Å². The second-order valence-corrected chi connectivity index (χ2v) is 7.73. The summed E-state index contributed by atoms with van der Waals surface area (Å²) >= 11 is 7.46. The van der Waals surface area contributed by atoms with Gasteiger partial charge >= 0.3 is 0 Å². The van der Waals surface area contributed by atoms with Crippen LogP contribution in [0.2, 0.25) is 0 Å². The van der Waals surface area contributed by atoms with Crippen LogP contribution in [0.25, 0.3) is 5.69 Å². The van der Waals surface area contributed by atoms with Crippen molar-refractivity contribution >= 4 is 39.5 Å². The smallest absolute Gasteiger partial charge is 0.0940 e. The van der Waals surface area contributed by atoms with Crippen molar-refractivity contribution in [3.05, 3.63) is 46.7 Å². The summed E-state index contributed by atoms with van der Waals surface area (Å²) in [5.74, 6) is 2.51. The molecule has 1 aromatic carbocycles. The number of hydrogen-bond donors (Lipinski definition) is 0. The van der Waals surface area contributed by atoms with E-state index >= 15 is 0 Å². The van der Waals surface area contributed by atoms with Crippen LogP contribution in [0.15, 0.2) is 41.0 Å². The first-order valence-corrected chi connectivity index (χ1v) is 8.77. The number of nitrogens with zero attached hydrogens (tertiary/aromatic N) is 2. The summed E-state index contributed by atoms with van der Waals surface area (Å²) in [7, 11) is 0. The lowest BCUT2D eigenvalue weighted by Crippen LogP contribution is -2.02. The fourth-order valence-corrected chi connectivity index (χ4v) is 4.91. The van der Waals surface area contributed by atoms with Gasteiger partial charge < -0.3 is 0 Å². The third kappa shape index (κ3) is 2.78. The van der Waals surface area contributed by atoms with Crippen LogP contribution >= 0.6 is 39.5 Å². The van der Waals surface area contributed by atoms with Crippen molar-refractivity contribution in [2.45, 2.75) is 11.0 Å². The molecule has 2 heterocycles. The molecule has 3 rings (SSSR count). The Morgan fingerprint density at radius 3 is 2.56 bits per heavy atom. The molecule has 0 unspecified atom stereocenters. The first-order valence-electron chi connectivity index (χ1n) is 5.88. The van der Waals surface area contributed by atoms with Gasteiger partial charge in [0.25, 0.3) is 0 Å². The lowest BCUT2D eigenvalue weighted by Gasteiger charge is -2.18. The van der Waals surface area contributed by atoms with E-state index in [0.29, 0.717) is 4.58 Å². The molecule has 0 aliphatic carbocycles. The Labute approximate surface area is 124 Å². The van der Waals surface area contributed by atoms with E-state index in [0.717, 1.165) is 10.2 Å². The SMILES string of the molecule is Brc1ccc(-n2ccc(C3SCCCS3)n2)cc1. The summed E-state index contributed by atoms with van der Waals surface area (Å²) in [6.07, 6.45) is 3.37. The van der Waals surface area contributed by atoms with E-state index in [1.807, 2.05) is 46.5 Å². The van der Waals surface area contributed by atoms with Gasteiger partial charge in [-0.2, -0.15) is 5.10 Å². The van der Waals surface area contributed by atoms with Crippen molar-refractivity contribution in [1.82, 2.24) is 9.78 Å². The minimum absolute atomic E-state index is 0.510. The maximum Gasteiger partial charge on any atom is 0.0940 e. The quantitative estimate of drug-likeness (QED) is 0.801. The van der Waals surface area contributed by atoms with Gasteiger partial charge in [-0.25, -0.2) is 4.68 Å². The average molecular weight is 341 g/mol. The summed E-state index contributed by atoms with van der Waals surface area (Å²) in [6, 6.07) is 10.4. The molecule has 5 heteroatoms. The van der Waals surface area contributed by atoms with Crippen molar-refractivity contribution in [3.8, 4) is 5.69 Å². The molecule has 1 saturated heterocycles. The van der Waals surface area contributed by atoms with Crippen molar-refractivity contribution in [1.29, 1.82) is 0 Å². The predicted octanol–water partition coefficient (Wildman–Crippen LogP) is 4.50. The summed E-state index contributed by atoms with van der Waals surface area (Å²) in [5, 5.41) is 4.69. The topological polar surface area (TPSA) is 17.8 Å². The van der Waals surface area contributed by atoms with Gasteiger partial charge in [0.1, 0.15) is 0 Å². The molecule has 0 bridgehead atoms. The first kappa shape index (κ1) is 12.6. The molecule has 1 fully saturated rings. The van der Waals surface area contributed by atoms with Gasteiger partial charge in [0.05, 0.1) is 16.0 Å². The Morgan fingerprint density at radius 2 is 1.83 bits per heavy atom. The number of thioether (sulfide) groups is 2. The molecule has 0 N–H and O–H groups in total. The van der Waals surface area contributed by atoms with Crippen molar-refractivity contribution in [3.63, 3.8) is 0 Å². The minimum Gasteiger partial charge on any atom is -0.241 e. The van der Waals surface area contributed by atoms with Gasteiger partial charge in [0.2, 0.25) is 0 Å². The highest BCUT2D eigenvalue weighted by Crippen LogP contribution is 2.42. The third-order valence-electron chi connectivity index (χ3n) is 2.77. The second kappa shape index (κ2) is 5.72. The molecule has 0 radical (unpaired) electrons. The number of hydrogen-bond acceptors (Lipinski definition) is 3. The van der Waals surface area contributed by atoms with Crippen LogP contribution in [-0.4, -0.2) is 21.3 Å². The van der Waals surface area contributed by atoms with E-state index in [9.17, 15) is 0 Å². The largest absolute Gasteiger partial charge is 0.241 e. The molecule has 0 atom stereocenters. The zero-order valence-corrected chi connectivity index (χ0v) is 13.0. The lowest BCUT2D eigenvalue weighted by atomic mass is 10.3. The highest BCUT2D eigenvalue weighted by molar-refractivity contribution is 9.10. The van der Waals surface area contributed by atoms with Crippen LogP contribution in [0.1, 0.15) is 16.7 Å². The fraction of sp³-hybridized carbons (Fsp3) is 0.308. The van der Waals surface area contributed by atoms with Crippen LogP contribution in [0, 0.1) is 0 Å².